The van der Waals surface area contributed by atoms with Crippen LogP contribution in [-0.4, -0.2) is 6.67 Å². The molecule has 5 heteroatoms. The summed E-state index contributed by atoms with van der Waals surface area (Å²) in [6.07, 6.45) is 0.460. The molecule has 0 fully saturated rings. The van der Waals surface area contributed by atoms with Gasteiger partial charge in [0.15, 0.2) is 0 Å². The van der Waals surface area contributed by atoms with Gasteiger partial charge < -0.3 is 0 Å². The Kier molecular flexibility index (Phi) is 5.44. The average molecular weight is 327 g/mol. The van der Waals surface area contributed by atoms with E-state index >= 15 is 0 Å². The lowest BCUT2D eigenvalue weighted by atomic mass is 9.84. The van der Waals surface area contributed by atoms with Crippen LogP contribution in [0.3, 0.4) is 0 Å². The van der Waals surface area contributed by atoms with Gasteiger partial charge in [-0.15, -0.1) is 0 Å². The van der Waals surface area contributed by atoms with Crippen LogP contribution in [0, 0.1) is 33.9 Å². The molecule has 0 aliphatic heterocycles. The van der Waals surface area contributed by atoms with Crippen LogP contribution in [0.1, 0.15) is 31.2 Å². The monoisotopic (exact) mass is 326 g/mol. The maximum atomic E-state index is 13.7. The van der Waals surface area contributed by atoms with Crippen molar-refractivity contribution in [2.24, 2.45) is 5.41 Å². The van der Waals surface area contributed by atoms with Gasteiger partial charge >= 0.3 is 0 Å². The molecule has 0 aliphatic rings. The summed E-state index contributed by atoms with van der Waals surface area (Å²) < 4.78 is 27.4. The first kappa shape index (κ1) is 15.6. The molecule has 0 bridgehead atoms. The fraction of sp³-hybridized carbons (Fsp3) is 0.429. The number of alkyl halides is 1. The van der Waals surface area contributed by atoms with Crippen molar-refractivity contribution in [1.82, 2.24) is 0 Å². The third kappa shape index (κ3) is 4.01. The minimum absolute atomic E-state index is 0.209. The third-order valence-electron chi connectivity index (χ3n) is 3.07. The summed E-state index contributed by atoms with van der Waals surface area (Å²) in [5.41, 5.74) is -0.884. The van der Waals surface area contributed by atoms with E-state index in [1.165, 1.54) is 19.1 Å². The maximum Gasteiger partial charge on any atom is 0.141 e. The lowest BCUT2D eigenvalue weighted by Crippen LogP contribution is -2.14. The molecule has 0 spiro atoms. The lowest BCUT2D eigenvalue weighted by molar-refractivity contribution is 0.372. The third-order valence-corrected chi connectivity index (χ3v) is 3.56. The zero-order chi connectivity index (χ0) is 14.5. The molecular formula is C14H13BrF2N2. The van der Waals surface area contributed by atoms with Gasteiger partial charge in [0, 0.05) is 10.4 Å². The van der Waals surface area contributed by atoms with Crippen LogP contribution >= 0.6 is 15.9 Å². The Labute approximate surface area is 119 Å². The molecule has 0 aliphatic carbocycles. The van der Waals surface area contributed by atoms with Gasteiger partial charge in [0.2, 0.25) is 0 Å². The Morgan fingerprint density at radius 1 is 1.37 bits per heavy atom. The van der Waals surface area contributed by atoms with Gasteiger partial charge in [-0.1, -0.05) is 15.9 Å². The van der Waals surface area contributed by atoms with Gasteiger partial charge in [0.25, 0.3) is 0 Å². The second-order valence-corrected chi connectivity index (χ2v) is 5.53. The van der Waals surface area contributed by atoms with Gasteiger partial charge in [-0.25, -0.2) is 4.39 Å². The molecule has 19 heavy (non-hydrogen) atoms. The zero-order valence-corrected chi connectivity index (χ0v) is 12.0. The fourth-order valence-corrected chi connectivity index (χ4v) is 2.12. The van der Waals surface area contributed by atoms with E-state index in [2.05, 4.69) is 15.9 Å². The van der Waals surface area contributed by atoms with E-state index < -0.39 is 23.8 Å². The van der Waals surface area contributed by atoms with Crippen LogP contribution in [0.15, 0.2) is 22.7 Å². The van der Waals surface area contributed by atoms with Crippen molar-refractivity contribution >= 4 is 15.9 Å². The first-order valence-corrected chi connectivity index (χ1v) is 6.58. The highest BCUT2D eigenvalue weighted by atomic mass is 79.9. The summed E-state index contributed by atoms with van der Waals surface area (Å²) >= 11 is 3.22. The summed E-state index contributed by atoms with van der Waals surface area (Å²) in [6.45, 7) is 0.778. The van der Waals surface area contributed by atoms with E-state index in [4.69, 9.17) is 10.5 Å². The number of hydrogen-bond donors (Lipinski definition) is 0. The summed E-state index contributed by atoms with van der Waals surface area (Å²) in [7, 11) is 0. The molecule has 0 saturated heterocycles. The molecular weight excluding hydrogens is 314 g/mol. The van der Waals surface area contributed by atoms with Gasteiger partial charge in [-0.2, -0.15) is 10.5 Å². The number of hydrogen-bond acceptors (Lipinski definition) is 2. The maximum absolute atomic E-state index is 13.7. The predicted octanol–water partition coefficient (Wildman–Crippen LogP) is 4.47. The highest BCUT2D eigenvalue weighted by Gasteiger charge is 2.26. The second-order valence-electron chi connectivity index (χ2n) is 4.61. The topological polar surface area (TPSA) is 47.6 Å². The predicted molar refractivity (Wildman–Crippen MR) is 71.4 cm³/mol. The standard InChI is InChI=1S/C14H13BrF2N2/c1-14(8-18,9-19)5-4-10(7-16)12-6-11(15)2-3-13(12)17/h2-3,6,10H,4-5,7H2,1H3. The summed E-state index contributed by atoms with van der Waals surface area (Å²) in [5.74, 6) is -1.11. The summed E-state index contributed by atoms with van der Waals surface area (Å²) in [5, 5.41) is 17.8. The van der Waals surface area contributed by atoms with Crippen LogP contribution < -0.4 is 0 Å². The quantitative estimate of drug-likeness (QED) is 0.801. The Morgan fingerprint density at radius 3 is 2.53 bits per heavy atom. The first-order valence-electron chi connectivity index (χ1n) is 5.79. The second kappa shape index (κ2) is 6.63. The van der Waals surface area contributed by atoms with Crippen LogP contribution in [0.5, 0.6) is 0 Å². The van der Waals surface area contributed by atoms with Gasteiger partial charge in [-0.05, 0) is 43.5 Å². The van der Waals surface area contributed by atoms with Crippen LogP contribution in [0.2, 0.25) is 0 Å². The van der Waals surface area contributed by atoms with E-state index in [1.54, 1.807) is 6.07 Å². The van der Waals surface area contributed by atoms with Crippen molar-refractivity contribution in [3.05, 3.63) is 34.1 Å². The summed E-state index contributed by atoms with van der Waals surface area (Å²) in [6, 6.07) is 8.15. The van der Waals surface area contributed by atoms with E-state index in [9.17, 15) is 8.78 Å². The van der Waals surface area contributed by atoms with Crippen molar-refractivity contribution in [2.45, 2.75) is 25.7 Å². The highest BCUT2D eigenvalue weighted by molar-refractivity contribution is 9.10. The molecule has 1 atom stereocenters. The smallest absolute Gasteiger partial charge is 0.141 e. The number of nitriles is 2. The van der Waals surface area contributed by atoms with Crippen molar-refractivity contribution in [3.63, 3.8) is 0 Å². The molecule has 0 aromatic heterocycles. The Hall–Kier alpha value is -1.46. The fourth-order valence-electron chi connectivity index (χ4n) is 1.74. The summed E-state index contributed by atoms with van der Waals surface area (Å²) in [4.78, 5) is 0. The van der Waals surface area contributed by atoms with Gasteiger partial charge in [-0.3, -0.25) is 4.39 Å². The molecule has 0 N–H and O–H groups in total. The largest absolute Gasteiger partial charge is 0.250 e. The van der Waals surface area contributed by atoms with Crippen molar-refractivity contribution in [3.8, 4) is 12.1 Å². The number of nitrogens with zero attached hydrogens (tertiary/aromatic N) is 2. The molecule has 0 amide bonds. The molecule has 1 aromatic rings. The molecule has 1 rings (SSSR count). The molecule has 0 saturated carbocycles. The molecule has 1 aromatic carbocycles. The number of benzene rings is 1. The highest BCUT2D eigenvalue weighted by Crippen LogP contribution is 2.31. The Morgan fingerprint density at radius 2 is 2.00 bits per heavy atom. The van der Waals surface area contributed by atoms with Crippen LogP contribution in [-0.2, 0) is 0 Å². The van der Waals surface area contributed by atoms with E-state index in [0.717, 1.165) is 0 Å². The number of rotatable bonds is 5. The van der Waals surface area contributed by atoms with Crippen LogP contribution in [0.25, 0.3) is 0 Å². The minimum Gasteiger partial charge on any atom is -0.250 e. The molecule has 0 heterocycles. The zero-order valence-electron chi connectivity index (χ0n) is 10.5. The van der Waals surface area contributed by atoms with Gasteiger partial charge in [0.05, 0.1) is 18.8 Å². The molecule has 1 unspecified atom stereocenters. The van der Waals surface area contributed by atoms with E-state index in [1.807, 2.05) is 12.1 Å². The average Bonchev–Trinajstić information content (AvgIpc) is 2.42. The number of halogens is 3. The molecule has 100 valence electrons. The first-order chi connectivity index (χ1) is 8.95. The molecule has 0 radical (unpaired) electrons. The van der Waals surface area contributed by atoms with Crippen molar-refractivity contribution in [1.29, 1.82) is 10.5 Å². The van der Waals surface area contributed by atoms with Crippen molar-refractivity contribution < 1.29 is 8.78 Å². The lowest BCUT2D eigenvalue weighted by Gasteiger charge is -2.18. The van der Waals surface area contributed by atoms with Crippen molar-refractivity contribution in [2.75, 3.05) is 6.67 Å². The molecule has 2 nitrogen and oxygen atoms in total. The minimum atomic E-state index is -1.16. The van der Waals surface area contributed by atoms with E-state index in [0.29, 0.717) is 4.47 Å². The normalized spacial score (nSPS) is 12.5. The Balaban J connectivity index is 2.89. The van der Waals surface area contributed by atoms with Gasteiger partial charge in [0.1, 0.15) is 11.2 Å². The SMILES string of the molecule is CC(C#N)(C#N)CCC(CF)c1cc(Br)ccc1F. The van der Waals surface area contributed by atoms with Crippen LogP contribution in [0.4, 0.5) is 8.78 Å². The Bertz CT molecular complexity index is 517. The van der Waals surface area contributed by atoms with E-state index in [-0.39, 0.29) is 18.4 Å².